The van der Waals surface area contributed by atoms with Gasteiger partial charge in [-0.2, -0.15) is 15.5 Å². The van der Waals surface area contributed by atoms with Crippen LogP contribution in [0.2, 0.25) is 0 Å². The summed E-state index contributed by atoms with van der Waals surface area (Å²) < 4.78 is 9.10. The summed E-state index contributed by atoms with van der Waals surface area (Å²) in [4.78, 5) is 12.1. The highest BCUT2D eigenvalue weighted by molar-refractivity contribution is 5.92. The van der Waals surface area contributed by atoms with Gasteiger partial charge in [0.25, 0.3) is 0 Å². The molecule has 8 nitrogen and oxygen atoms in total. The van der Waals surface area contributed by atoms with Crippen LogP contribution in [0.3, 0.4) is 0 Å². The maximum absolute atomic E-state index is 12.1. The normalized spacial score (nSPS) is 15.1. The molecule has 0 amide bonds. The van der Waals surface area contributed by atoms with Crippen LogP contribution in [-0.2, 0) is 16.3 Å². The molecule has 1 aliphatic rings. The van der Waals surface area contributed by atoms with Gasteiger partial charge in [-0.1, -0.05) is 12.8 Å². The van der Waals surface area contributed by atoms with Gasteiger partial charge in [-0.05, 0) is 39.2 Å². The van der Waals surface area contributed by atoms with Crippen molar-refractivity contribution in [3.63, 3.8) is 0 Å². The zero-order valence-electron chi connectivity index (χ0n) is 17.6. The van der Waals surface area contributed by atoms with E-state index >= 15 is 0 Å². The molecule has 3 aromatic rings. The Hall–Kier alpha value is -3.21. The highest BCUT2D eigenvalue weighted by Crippen LogP contribution is 2.38. The van der Waals surface area contributed by atoms with Crippen molar-refractivity contribution in [2.45, 2.75) is 59.2 Å². The minimum absolute atomic E-state index is 0.0859. The Morgan fingerprint density at radius 1 is 1.37 bits per heavy atom. The van der Waals surface area contributed by atoms with E-state index in [9.17, 15) is 10.1 Å². The summed E-state index contributed by atoms with van der Waals surface area (Å²) in [6, 6.07) is 4.33. The van der Waals surface area contributed by atoms with Gasteiger partial charge in [0.2, 0.25) is 0 Å². The third kappa shape index (κ3) is 4.20. The fourth-order valence-corrected chi connectivity index (χ4v) is 3.48. The second kappa shape index (κ2) is 7.90. The second-order valence-corrected chi connectivity index (χ2v) is 9.00. The number of hydrogen-bond acceptors (Lipinski definition) is 6. The average molecular weight is 406 g/mol. The Morgan fingerprint density at radius 2 is 2.17 bits per heavy atom. The van der Waals surface area contributed by atoms with E-state index in [-0.39, 0.29) is 18.7 Å². The lowest BCUT2D eigenvalue weighted by atomic mass is 9.98. The lowest BCUT2D eigenvalue weighted by molar-refractivity contribution is -0.156. The minimum atomic E-state index is -0.561. The Labute approximate surface area is 175 Å². The van der Waals surface area contributed by atoms with Crippen LogP contribution in [0.5, 0.6) is 0 Å². The summed E-state index contributed by atoms with van der Waals surface area (Å²) in [5, 5.41) is 23.0. The molecule has 0 aliphatic heterocycles. The second-order valence-electron chi connectivity index (χ2n) is 9.00. The van der Waals surface area contributed by atoms with Crippen LogP contribution in [0, 0.1) is 22.7 Å². The van der Waals surface area contributed by atoms with Crippen LogP contribution in [0.15, 0.2) is 30.9 Å². The first-order valence-corrected chi connectivity index (χ1v) is 10.3. The number of aromatic nitrogens is 5. The van der Waals surface area contributed by atoms with Crippen LogP contribution in [0.1, 0.15) is 52.5 Å². The van der Waals surface area contributed by atoms with Gasteiger partial charge >= 0.3 is 5.97 Å². The topological polar surface area (TPSA) is 98.6 Å². The Bertz CT molecular complexity index is 1100. The number of hydrogen-bond donors (Lipinski definition) is 0. The molecule has 8 heteroatoms. The van der Waals surface area contributed by atoms with E-state index < -0.39 is 5.41 Å². The molecular weight excluding hydrogens is 380 g/mol. The van der Waals surface area contributed by atoms with Gasteiger partial charge < -0.3 is 4.74 Å². The van der Waals surface area contributed by atoms with Crippen molar-refractivity contribution in [2.24, 2.45) is 11.3 Å². The molecule has 1 atom stereocenters. The van der Waals surface area contributed by atoms with E-state index in [0.717, 1.165) is 28.9 Å². The van der Waals surface area contributed by atoms with Gasteiger partial charge in [0.1, 0.15) is 0 Å². The summed E-state index contributed by atoms with van der Waals surface area (Å²) >= 11 is 0. The highest BCUT2D eigenvalue weighted by Gasteiger charge is 2.27. The standard InChI is InChI=1S/C22H26N6O2/c1-22(2,3)21(29)30-14-27-9-7-18-19(12-24-26-20(18)27)16-11-25-28(13-16)17(6-8-23)10-15-4-5-15/h7,9,11-13,15,17H,4-6,10,14H2,1-3H3. The Kier molecular flexibility index (Phi) is 5.29. The van der Waals surface area contributed by atoms with Gasteiger partial charge in [0.05, 0.1) is 36.3 Å². The quantitative estimate of drug-likeness (QED) is 0.548. The lowest BCUT2D eigenvalue weighted by Gasteiger charge is -2.16. The number of carbonyl (C=O) groups excluding carboxylic acids is 1. The molecule has 1 fully saturated rings. The number of carbonyl (C=O) groups is 1. The molecule has 0 radical (unpaired) electrons. The molecule has 0 bridgehead atoms. The van der Waals surface area contributed by atoms with E-state index in [4.69, 9.17) is 4.74 Å². The van der Waals surface area contributed by atoms with Gasteiger partial charge in [0.15, 0.2) is 12.4 Å². The lowest BCUT2D eigenvalue weighted by Crippen LogP contribution is -2.23. The monoisotopic (exact) mass is 406 g/mol. The van der Waals surface area contributed by atoms with Crippen LogP contribution >= 0.6 is 0 Å². The number of nitriles is 1. The maximum atomic E-state index is 12.1. The summed E-state index contributed by atoms with van der Waals surface area (Å²) in [5.74, 6) is 0.448. The predicted octanol–water partition coefficient (Wildman–Crippen LogP) is 4.10. The minimum Gasteiger partial charge on any atom is -0.443 e. The predicted molar refractivity (Wildman–Crippen MR) is 111 cm³/mol. The van der Waals surface area contributed by atoms with Crippen molar-refractivity contribution < 1.29 is 9.53 Å². The van der Waals surface area contributed by atoms with Crippen molar-refractivity contribution in [3.05, 3.63) is 30.9 Å². The van der Waals surface area contributed by atoms with Crippen LogP contribution in [0.4, 0.5) is 0 Å². The molecule has 4 rings (SSSR count). The number of esters is 1. The summed E-state index contributed by atoms with van der Waals surface area (Å²) in [6.07, 6.45) is 11.3. The number of ether oxygens (including phenoxy) is 1. The van der Waals surface area contributed by atoms with Crippen molar-refractivity contribution in [3.8, 4) is 17.2 Å². The van der Waals surface area contributed by atoms with Gasteiger partial charge in [-0.3, -0.25) is 14.0 Å². The Morgan fingerprint density at radius 3 is 2.87 bits per heavy atom. The van der Waals surface area contributed by atoms with Crippen molar-refractivity contribution in [1.29, 1.82) is 5.26 Å². The summed E-state index contributed by atoms with van der Waals surface area (Å²) in [5.41, 5.74) is 1.93. The van der Waals surface area contributed by atoms with E-state index in [0.29, 0.717) is 12.1 Å². The zero-order valence-corrected chi connectivity index (χ0v) is 17.6. The first-order valence-electron chi connectivity index (χ1n) is 10.3. The first-order chi connectivity index (χ1) is 14.4. The van der Waals surface area contributed by atoms with E-state index in [1.165, 1.54) is 12.8 Å². The van der Waals surface area contributed by atoms with E-state index in [1.807, 2.05) is 50.1 Å². The van der Waals surface area contributed by atoms with Gasteiger partial charge in [-0.25, -0.2) is 0 Å². The zero-order chi connectivity index (χ0) is 21.3. The molecule has 3 aromatic heterocycles. The summed E-state index contributed by atoms with van der Waals surface area (Å²) in [6.45, 7) is 5.55. The fourth-order valence-electron chi connectivity index (χ4n) is 3.48. The van der Waals surface area contributed by atoms with Crippen LogP contribution in [0.25, 0.3) is 22.2 Å². The molecule has 0 saturated heterocycles. The van der Waals surface area contributed by atoms with E-state index in [2.05, 4.69) is 21.4 Å². The largest absolute Gasteiger partial charge is 0.443 e. The third-order valence-electron chi connectivity index (χ3n) is 5.43. The fraction of sp³-hybridized carbons (Fsp3) is 0.500. The molecule has 0 N–H and O–H groups in total. The molecule has 1 aliphatic carbocycles. The van der Waals surface area contributed by atoms with E-state index in [1.54, 1.807) is 10.8 Å². The van der Waals surface area contributed by atoms with Gasteiger partial charge in [0, 0.05) is 28.9 Å². The molecule has 0 spiro atoms. The van der Waals surface area contributed by atoms with Crippen LogP contribution in [-0.4, -0.2) is 30.5 Å². The molecule has 0 aromatic carbocycles. The number of rotatable bonds is 7. The molecule has 1 unspecified atom stereocenters. The number of fused-ring (bicyclic) bond motifs is 1. The maximum Gasteiger partial charge on any atom is 0.312 e. The first kappa shape index (κ1) is 20.1. The van der Waals surface area contributed by atoms with Crippen molar-refractivity contribution >= 4 is 17.0 Å². The number of nitrogens with zero attached hydrogens (tertiary/aromatic N) is 6. The average Bonchev–Trinajstić information content (AvgIpc) is 3.23. The molecule has 30 heavy (non-hydrogen) atoms. The molecule has 1 saturated carbocycles. The van der Waals surface area contributed by atoms with Crippen molar-refractivity contribution in [2.75, 3.05) is 0 Å². The van der Waals surface area contributed by atoms with Gasteiger partial charge in [-0.15, -0.1) is 5.10 Å². The third-order valence-corrected chi connectivity index (χ3v) is 5.43. The molecule has 156 valence electrons. The van der Waals surface area contributed by atoms with Crippen molar-refractivity contribution in [1.82, 2.24) is 24.5 Å². The molecular formula is C22H26N6O2. The molecule has 3 heterocycles. The Balaban J connectivity index is 1.58. The smallest absolute Gasteiger partial charge is 0.312 e. The SMILES string of the molecule is CC(C)(C)C(=O)OCn1ccc2c(-c3cnn(C(CC#N)CC4CC4)c3)cnnc21. The van der Waals surface area contributed by atoms with Crippen LogP contribution < -0.4 is 0 Å². The highest BCUT2D eigenvalue weighted by atomic mass is 16.5. The summed E-state index contributed by atoms with van der Waals surface area (Å²) in [7, 11) is 0.